The number of hydrogen-bond donors (Lipinski definition) is 0. The first kappa shape index (κ1) is 19.0. The van der Waals surface area contributed by atoms with Gasteiger partial charge in [0.05, 0.1) is 11.0 Å². The molecule has 0 aliphatic carbocycles. The second-order valence-corrected chi connectivity index (χ2v) is 8.64. The number of benzene rings is 3. The molecule has 1 aromatic heterocycles. The van der Waals surface area contributed by atoms with Gasteiger partial charge in [0.15, 0.2) is 0 Å². The average molecular weight is 425 g/mol. The van der Waals surface area contributed by atoms with Crippen LogP contribution in [0.5, 0.6) is 0 Å². The zero-order valence-corrected chi connectivity index (χ0v) is 17.8. The standard InChI is InChI=1S/C26H24N4O2/c31-24(30-17-16-29-23-11-4-3-10-22(23)27-26(29)30)19-12-14-28(15-13-19)25(32)21-9-5-7-18-6-1-2-8-20(18)21/h1-11,19H,12-17H2. The molecule has 4 aromatic rings. The van der Waals surface area contributed by atoms with Crippen LogP contribution in [-0.2, 0) is 11.3 Å². The van der Waals surface area contributed by atoms with Crippen molar-refractivity contribution in [1.29, 1.82) is 0 Å². The van der Waals surface area contributed by atoms with Crippen LogP contribution in [0.15, 0.2) is 66.7 Å². The van der Waals surface area contributed by atoms with Crippen molar-refractivity contribution in [3.8, 4) is 0 Å². The van der Waals surface area contributed by atoms with Crippen LogP contribution in [0, 0.1) is 5.92 Å². The normalized spacial score (nSPS) is 16.6. The minimum atomic E-state index is -0.0714. The fourth-order valence-corrected chi connectivity index (χ4v) is 5.13. The fraction of sp³-hybridized carbons (Fsp3) is 0.269. The molecule has 160 valence electrons. The summed E-state index contributed by atoms with van der Waals surface area (Å²) in [4.78, 5) is 35.0. The molecule has 3 heterocycles. The molecule has 32 heavy (non-hydrogen) atoms. The van der Waals surface area contributed by atoms with E-state index in [4.69, 9.17) is 4.98 Å². The predicted octanol–water partition coefficient (Wildman–Crippen LogP) is 4.09. The molecule has 0 spiro atoms. The van der Waals surface area contributed by atoms with Gasteiger partial charge in [-0.25, -0.2) is 4.98 Å². The number of nitrogens with zero attached hydrogens (tertiary/aromatic N) is 4. The highest BCUT2D eigenvalue weighted by Gasteiger charge is 2.35. The molecule has 1 saturated heterocycles. The topological polar surface area (TPSA) is 58.4 Å². The number of piperidine rings is 1. The van der Waals surface area contributed by atoms with Gasteiger partial charge < -0.3 is 9.47 Å². The zero-order valence-electron chi connectivity index (χ0n) is 17.8. The summed E-state index contributed by atoms with van der Waals surface area (Å²) in [5, 5.41) is 2.05. The Kier molecular flexibility index (Phi) is 4.45. The number of likely N-dealkylation sites (tertiary alicyclic amines) is 1. The third-order valence-corrected chi connectivity index (χ3v) is 6.84. The highest BCUT2D eigenvalue weighted by molar-refractivity contribution is 6.07. The van der Waals surface area contributed by atoms with Crippen LogP contribution in [0.1, 0.15) is 23.2 Å². The fourth-order valence-electron chi connectivity index (χ4n) is 5.13. The molecule has 2 amide bonds. The lowest BCUT2D eigenvalue weighted by Gasteiger charge is -2.33. The molecule has 2 aliphatic heterocycles. The number of imidazole rings is 1. The van der Waals surface area contributed by atoms with Crippen molar-refractivity contribution in [2.75, 3.05) is 24.5 Å². The number of anilines is 1. The summed E-state index contributed by atoms with van der Waals surface area (Å²) < 4.78 is 2.13. The van der Waals surface area contributed by atoms with Gasteiger partial charge in [-0.2, -0.15) is 0 Å². The zero-order chi connectivity index (χ0) is 21.7. The number of aromatic nitrogens is 2. The molecule has 3 aromatic carbocycles. The van der Waals surface area contributed by atoms with Crippen LogP contribution in [0.25, 0.3) is 21.8 Å². The molecule has 6 nitrogen and oxygen atoms in total. The Labute approximate surface area is 186 Å². The minimum absolute atomic E-state index is 0.0515. The molecule has 0 atom stereocenters. The van der Waals surface area contributed by atoms with E-state index in [1.807, 2.05) is 70.5 Å². The van der Waals surface area contributed by atoms with Crippen LogP contribution in [0.3, 0.4) is 0 Å². The molecule has 0 bridgehead atoms. The maximum absolute atomic E-state index is 13.3. The molecule has 6 rings (SSSR count). The van der Waals surface area contributed by atoms with E-state index in [0.29, 0.717) is 32.5 Å². The van der Waals surface area contributed by atoms with Crippen LogP contribution < -0.4 is 4.90 Å². The smallest absolute Gasteiger partial charge is 0.254 e. The Morgan fingerprint density at radius 1 is 0.812 bits per heavy atom. The number of carbonyl (C=O) groups excluding carboxylic acids is 2. The van der Waals surface area contributed by atoms with Gasteiger partial charge in [0.2, 0.25) is 11.9 Å². The van der Waals surface area contributed by atoms with Crippen LogP contribution >= 0.6 is 0 Å². The number of rotatable bonds is 2. The van der Waals surface area contributed by atoms with Crippen molar-refractivity contribution in [3.63, 3.8) is 0 Å². The monoisotopic (exact) mass is 424 g/mol. The van der Waals surface area contributed by atoms with E-state index in [1.165, 1.54) is 0 Å². The van der Waals surface area contributed by atoms with E-state index in [1.54, 1.807) is 0 Å². The Morgan fingerprint density at radius 3 is 2.44 bits per heavy atom. The number of para-hydroxylation sites is 2. The number of amides is 2. The molecule has 0 N–H and O–H groups in total. The second-order valence-electron chi connectivity index (χ2n) is 8.64. The lowest BCUT2D eigenvalue weighted by molar-refractivity contribution is -0.123. The first-order valence-electron chi connectivity index (χ1n) is 11.2. The van der Waals surface area contributed by atoms with E-state index in [2.05, 4.69) is 10.6 Å². The lowest BCUT2D eigenvalue weighted by atomic mass is 9.94. The van der Waals surface area contributed by atoms with Crippen LogP contribution in [-0.4, -0.2) is 45.9 Å². The Bertz CT molecular complexity index is 1350. The first-order chi connectivity index (χ1) is 15.7. The van der Waals surface area contributed by atoms with E-state index in [9.17, 15) is 9.59 Å². The third kappa shape index (κ3) is 2.98. The summed E-state index contributed by atoms with van der Waals surface area (Å²) in [5.41, 5.74) is 2.74. The van der Waals surface area contributed by atoms with E-state index >= 15 is 0 Å². The first-order valence-corrected chi connectivity index (χ1v) is 11.2. The van der Waals surface area contributed by atoms with Crippen molar-refractivity contribution in [3.05, 3.63) is 72.3 Å². The Balaban J connectivity index is 1.17. The quantitative estimate of drug-likeness (QED) is 0.487. The largest absolute Gasteiger partial charge is 0.339 e. The number of fused-ring (bicyclic) bond motifs is 4. The predicted molar refractivity (Wildman–Crippen MR) is 125 cm³/mol. The molecule has 1 fully saturated rings. The van der Waals surface area contributed by atoms with Gasteiger partial charge in [-0.1, -0.05) is 48.5 Å². The Hall–Kier alpha value is -3.67. The van der Waals surface area contributed by atoms with E-state index in [-0.39, 0.29) is 17.7 Å². The van der Waals surface area contributed by atoms with Crippen molar-refractivity contribution in [1.82, 2.24) is 14.5 Å². The molecular weight excluding hydrogens is 400 g/mol. The van der Waals surface area contributed by atoms with Crippen molar-refractivity contribution in [2.24, 2.45) is 5.92 Å². The number of carbonyl (C=O) groups is 2. The van der Waals surface area contributed by atoms with Gasteiger partial charge in [0.1, 0.15) is 0 Å². The van der Waals surface area contributed by atoms with Gasteiger partial charge in [0.25, 0.3) is 5.91 Å². The summed E-state index contributed by atoms with van der Waals surface area (Å²) in [6, 6.07) is 21.9. The highest BCUT2D eigenvalue weighted by Crippen LogP contribution is 2.31. The van der Waals surface area contributed by atoms with Crippen LogP contribution in [0.2, 0.25) is 0 Å². The van der Waals surface area contributed by atoms with E-state index < -0.39 is 0 Å². The van der Waals surface area contributed by atoms with Crippen LogP contribution in [0.4, 0.5) is 5.95 Å². The van der Waals surface area contributed by atoms with Gasteiger partial charge in [-0.05, 0) is 41.8 Å². The maximum atomic E-state index is 13.3. The summed E-state index contributed by atoms with van der Waals surface area (Å²) in [6.07, 6.45) is 1.37. The SMILES string of the molecule is O=C(c1cccc2ccccc12)N1CCC(C(=O)N2CCn3c2nc2ccccc23)CC1. The summed E-state index contributed by atoms with van der Waals surface area (Å²) in [5.74, 6) is 0.871. The molecule has 0 radical (unpaired) electrons. The molecule has 2 aliphatic rings. The maximum Gasteiger partial charge on any atom is 0.254 e. The highest BCUT2D eigenvalue weighted by atomic mass is 16.2. The van der Waals surface area contributed by atoms with E-state index in [0.717, 1.165) is 39.9 Å². The summed E-state index contributed by atoms with van der Waals surface area (Å²) >= 11 is 0. The third-order valence-electron chi connectivity index (χ3n) is 6.84. The van der Waals surface area contributed by atoms with Gasteiger partial charge in [0, 0.05) is 37.7 Å². The molecular formula is C26H24N4O2. The molecule has 0 saturated carbocycles. The van der Waals surface area contributed by atoms with Gasteiger partial charge in [-0.3, -0.25) is 14.5 Å². The lowest BCUT2D eigenvalue weighted by Crippen LogP contribution is -2.44. The summed E-state index contributed by atoms with van der Waals surface area (Å²) in [7, 11) is 0. The number of hydrogen-bond acceptors (Lipinski definition) is 3. The average Bonchev–Trinajstić information content (AvgIpc) is 3.42. The minimum Gasteiger partial charge on any atom is -0.339 e. The van der Waals surface area contributed by atoms with Gasteiger partial charge >= 0.3 is 0 Å². The van der Waals surface area contributed by atoms with Gasteiger partial charge in [-0.15, -0.1) is 0 Å². The summed E-state index contributed by atoms with van der Waals surface area (Å²) in [6.45, 7) is 2.65. The Morgan fingerprint density at radius 2 is 1.56 bits per heavy atom. The van der Waals surface area contributed by atoms with Crippen molar-refractivity contribution in [2.45, 2.75) is 19.4 Å². The molecule has 0 unspecified atom stereocenters. The van der Waals surface area contributed by atoms with Crippen molar-refractivity contribution >= 4 is 39.6 Å². The van der Waals surface area contributed by atoms with Crippen molar-refractivity contribution < 1.29 is 9.59 Å². The second kappa shape index (κ2) is 7.48. The molecule has 6 heteroatoms.